The second-order valence-electron chi connectivity index (χ2n) is 5.52. The summed E-state index contributed by atoms with van der Waals surface area (Å²) in [5, 5.41) is 13.6. The normalized spacial score (nSPS) is 16.6. The van der Waals surface area contributed by atoms with Gasteiger partial charge in [0.1, 0.15) is 5.02 Å². The number of rotatable bonds is 4. The van der Waals surface area contributed by atoms with Crippen molar-refractivity contribution >= 4 is 28.9 Å². The number of hydrogen-bond donors (Lipinski definition) is 1. The van der Waals surface area contributed by atoms with Gasteiger partial charge in [-0.3, -0.25) is 19.8 Å². The summed E-state index contributed by atoms with van der Waals surface area (Å²) in [5.41, 5.74) is 0.193. The van der Waals surface area contributed by atoms with Crippen LogP contribution in [0, 0.1) is 10.1 Å². The fourth-order valence-corrected chi connectivity index (χ4v) is 2.79. The highest BCUT2D eigenvalue weighted by Crippen LogP contribution is 2.27. The van der Waals surface area contributed by atoms with Crippen LogP contribution in [0.4, 0.5) is 11.4 Å². The second kappa shape index (κ2) is 8.10. The van der Waals surface area contributed by atoms with Gasteiger partial charge in [0.25, 0.3) is 5.69 Å². The molecule has 7 heteroatoms. The molecule has 1 aliphatic rings. The van der Waals surface area contributed by atoms with E-state index in [2.05, 4.69) is 10.2 Å². The molecule has 1 N–H and O–H groups in total. The monoisotopic (exact) mass is 325 g/mol. The molecule has 0 atom stereocenters. The molecule has 0 spiro atoms. The van der Waals surface area contributed by atoms with Crippen LogP contribution in [0.25, 0.3) is 0 Å². The summed E-state index contributed by atoms with van der Waals surface area (Å²) in [6.07, 6.45) is 5.91. The van der Waals surface area contributed by atoms with Crippen LogP contribution in [0.5, 0.6) is 0 Å². The van der Waals surface area contributed by atoms with E-state index in [4.69, 9.17) is 11.6 Å². The number of hydrogen-bond acceptors (Lipinski definition) is 4. The van der Waals surface area contributed by atoms with E-state index in [1.807, 2.05) is 0 Å². The molecule has 22 heavy (non-hydrogen) atoms. The number of halogens is 1. The van der Waals surface area contributed by atoms with Crippen molar-refractivity contribution in [3.8, 4) is 0 Å². The van der Waals surface area contributed by atoms with Crippen molar-refractivity contribution in [3.63, 3.8) is 0 Å². The molecule has 1 aliphatic heterocycles. The molecule has 1 aromatic rings. The number of likely N-dealkylation sites (tertiary alicyclic amines) is 1. The van der Waals surface area contributed by atoms with E-state index in [9.17, 15) is 14.9 Å². The van der Waals surface area contributed by atoms with E-state index in [0.29, 0.717) is 12.2 Å². The van der Waals surface area contributed by atoms with Gasteiger partial charge in [0.05, 0.1) is 11.5 Å². The quantitative estimate of drug-likeness (QED) is 0.679. The van der Waals surface area contributed by atoms with Crippen LogP contribution in [0.3, 0.4) is 0 Å². The zero-order valence-electron chi connectivity index (χ0n) is 12.4. The molecule has 1 fully saturated rings. The third kappa shape index (κ3) is 4.96. The molecule has 1 heterocycles. The van der Waals surface area contributed by atoms with Crippen LogP contribution in [-0.2, 0) is 4.79 Å². The van der Waals surface area contributed by atoms with Crippen molar-refractivity contribution in [2.24, 2.45) is 0 Å². The first kappa shape index (κ1) is 16.7. The van der Waals surface area contributed by atoms with Crippen molar-refractivity contribution in [1.29, 1.82) is 0 Å². The Hall–Kier alpha value is -1.66. The summed E-state index contributed by atoms with van der Waals surface area (Å²) in [6.45, 7) is 2.17. The summed E-state index contributed by atoms with van der Waals surface area (Å²) in [5.74, 6) is -0.155. The largest absolute Gasteiger partial charge is 0.325 e. The first-order chi connectivity index (χ1) is 10.6. The number of nitro groups is 1. The van der Waals surface area contributed by atoms with Crippen LogP contribution in [0.2, 0.25) is 5.02 Å². The molecule has 0 unspecified atom stereocenters. The van der Waals surface area contributed by atoms with Crippen LogP contribution in [0.1, 0.15) is 32.1 Å². The molecule has 2 rings (SSSR count). The minimum Gasteiger partial charge on any atom is -0.325 e. The Morgan fingerprint density at radius 3 is 2.50 bits per heavy atom. The Balaban J connectivity index is 1.93. The molecule has 1 saturated heterocycles. The highest BCUT2D eigenvalue weighted by atomic mass is 35.5. The van der Waals surface area contributed by atoms with Crippen molar-refractivity contribution in [2.45, 2.75) is 32.1 Å². The zero-order valence-corrected chi connectivity index (χ0v) is 13.1. The minimum atomic E-state index is -0.559. The number of carbonyl (C=O) groups is 1. The molecule has 0 aliphatic carbocycles. The van der Waals surface area contributed by atoms with Crippen LogP contribution < -0.4 is 5.32 Å². The molecule has 0 bridgehead atoms. The Labute approximate surface area is 134 Å². The fraction of sp³-hybridized carbons (Fsp3) is 0.533. The van der Waals surface area contributed by atoms with Crippen LogP contribution >= 0.6 is 11.6 Å². The van der Waals surface area contributed by atoms with Gasteiger partial charge in [0.15, 0.2) is 0 Å². The van der Waals surface area contributed by atoms with Gasteiger partial charge in [-0.1, -0.05) is 30.9 Å². The van der Waals surface area contributed by atoms with Crippen molar-refractivity contribution < 1.29 is 9.72 Å². The van der Waals surface area contributed by atoms with Gasteiger partial charge >= 0.3 is 0 Å². The number of amides is 1. The van der Waals surface area contributed by atoms with Gasteiger partial charge in [-0.25, -0.2) is 0 Å². The molecule has 6 nitrogen and oxygen atoms in total. The lowest BCUT2D eigenvalue weighted by Gasteiger charge is -2.23. The Kier molecular flexibility index (Phi) is 6.15. The molecule has 0 radical (unpaired) electrons. The third-order valence-electron chi connectivity index (χ3n) is 3.74. The average Bonchev–Trinajstić information content (AvgIpc) is 2.43. The summed E-state index contributed by atoms with van der Waals surface area (Å²) >= 11 is 5.75. The Morgan fingerprint density at radius 1 is 1.23 bits per heavy atom. The third-order valence-corrected chi connectivity index (χ3v) is 4.06. The molecule has 0 aromatic heterocycles. The molecular weight excluding hydrogens is 306 g/mol. The zero-order chi connectivity index (χ0) is 15.9. The van der Waals surface area contributed by atoms with E-state index in [-0.39, 0.29) is 16.6 Å². The maximum Gasteiger partial charge on any atom is 0.289 e. The lowest BCUT2D eigenvalue weighted by molar-refractivity contribution is -0.384. The van der Waals surface area contributed by atoms with E-state index < -0.39 is 4.92 Å². The molecule has 120 valence electrons. The predicted octanol–water partition coefficient (Wildman–Crippen LogP) is 3.45. The number of nitrogens with zero attached hydrogens (tertiary/aromatic N) is 2. The molecule has 1 aromatic carbocycles. The fourth-order valence-electron chi connectivity index (χ4n) is 2.61. The maximum atomic E-state index is 12.1. The SMILES string of the molecule is O=C(CN1CCCCCCC1)Nc1ccc(Cl)c([N+](=O)[O-])c1. The summed E-state index contributed by atoms with van der Waals surface area (Å²) < 4.78 is 0. The van der Waals surface area contributed by atoms with Gasteiger partial charge < -0.3 is 5.32 Å². The predicted molar refractivity (Wildman–Crippen MR) is 86.3 cm³/mol. The van der Waals surface area contributed by atoms with E-state index in [1.54, 1.807) is 6.07 Å². The summed E-state index contributed by atoms with van der Waals surface area (Å²) in [7, 11) is 0. The van der Waals surface area contributed by atoms with Crippen molar-refractivity contribution in [2.75, 3.05) is 25.0 Å². The van der Waals surface area contributed by atoms with Crippen LogP contribution in [-0.4, -0.2) is 35.4 Å². The highest BCUT2D eigenvalue weighted by molar-refractivity contribution is 6.32. The lowest BCUT2D eigenvalue weighted by Crippen LogP contribution is -2.35. The lowest BCUT2D eigenvalue weighted by atomic mass is 10.1. The number of benzene rings is 1. The van der Waals surface area contributed by atoms with Gasteiger partial charge in [0, 0.05) is 11.8 Å². The van der Waals surface area contributed by atoms with E-state index in [0.717, 1.165) is 25.9 Å². The summed E-state index contributed by atoms with van der Waals surface area (Å²) in [4.78, 5) is 24.5. The molecular formula is C15H20ClN3O3. The maximum absolute atomic E-state index is 12.1. The Bertz CT molecular complexity index is 543. The van der Waals surface area contributed by atoms with Gasteiger partial charge in [-0.05, 0) is 38.1 Å². The standard InChI is InChI=1S/C15H20ClN3O3/c16-13-7-6-12(10-14(13)19(21)22)17-15(20)11-18-8-4-2-1-3-5-9-18/h6-7,10H,1-5,8-9,11H2,(H,17,20). The van der Waals surface area contributed by atoms with Gasteiger partial charge in [-0.2, -0.15) is 0 Å². The summed E-state index contributed by atoms with van der Waals surface area (Å²) in [6, 6.07) is 4.28. The van der Waals surface area contributed by atoms with Gasteiger partial charge in [-0.15, -0.1) is 0 Å². The van der Waals surface area contributed by atoms with E-state index in [1.165, 1.54) is 31.4 Å². The van der Waals surface area contributed by atoms with Crippen molar-refractivity contribution in [1.82, 2.24) is 4.90 Å². The van der Waals surface area contributed by atoms with E-state index >= 15 is 0 Å². The van der Waals surface area contributed by atoms with Crippen LogP contribution in [0.15, 0.2) is 18.2 Å². The first-order valence-electron chi connectivity index (χ1n) is 7.52. The number of nitro benzene ring substituents is 1. The Morgan fingerprint density at radius 2 is 1.86 bits per heavy atom. The minimum absolute atomic E-state index is 0.0618. The first-order valence-corrected chi connectivity index (χ1v) is 7.90. The van der Waals surface area contributed by atoms with Gasteiger partial charge in [0.2, 0.25) is 5.91 Å². The topological polar surface area (TPSA) is 75.5 Å². The molecule has 1 amide bonds. The number of anilines is 1. The van der Waals surface area contributed by atoms with Crippen molar-refractivity contribution in [3.05, 3.63) is 33.3 Å². The number of carbonyl (C=O) groups excluding carboxylic acids is 1. The second-order valence-corrected chi connectivity index (χ2v) is 5.92. The number of nitrogens with one attached hydrogen (secondary N) is 1. The molecule has 0 saturated carbocycles. The smallest absolute Gasteiger partial charge is 0.289 e. The highest BCUT2D eigenvalue weighted by Gasteiger charge is 2.16. The average molecular weight is 326 g/mol.